The topological polar surface area (TPSA) is 64.5 Å². The number of nitrogens with zero attached hydrogens (tertiary/aromatic N) is 3. The van der Waals surface area contributed by atoms with Crippen molar-refractivity contribution in [2.45, 2.75) is 45.6 Å². The van der Waals surface area contributed by atoms with Crippen LogP contribution in [-0.4, -0.2) is 53.2 Å². The number of ether oxygens (including phenoxy) is 2. The second-order valence-electron chi connectivity index (χ2n) is 7.70. The van der Waals surface area contributed by atoms with Gasteiger partial charge in [-0.25, -0.2) is 4.98 Å². The first kappa shape index (κ1) is 22.8. The maximum atomic E-state index is 12.7. The van der Waals surface area contributed by atoms with Crippen LogP contribution in [0.25, 0.3) is 0 Å². The van der Waals surface area contributed by atoms with Crippen molar-refractivity contribution < 1.29 is 14.3 Å². The van der Waals surface area contributed by atoms with Gasteiger partial charge in [-0.2, -0.15) is 4.98 Å². The van der Waals surface area contributed by atoms with Crippen LogP contribution in [0, 0.1) is 6.92 Å². The van der Waals surface area contributed by atoms with Gasteiger partial charge in [0.25, 0.3) is 0 Å². The fourth-order valence-electron chi connectivity index (χ4n) is 3.28. The number of aryl methyl sites for hydroxylation is 1. The summed E-state index contributed by atoms with van der Waals surface area (Å²) in [5.74, 6) is 1.56. The molecule has 1 aliphatic rings. The molecule has 0 aliphatic carbocycles. The Kier molecular flexibility index (Phi) is 7.92. The fraction of sp³-hybridized carbons (Fsp3) is 0.500. The maximum absolute atomic E-state index is 12.7. The van der Waals surface area contributed by atoms with Crippen LogP contribution in [0.15, 0.2) is 24.3 Å². The molecule has 1 aromatic carbocycles. The molecular weight excluding hydrogens is 425 g/mol. The average Bonchev–Trinajstić information content (AvgIpc) is 2.71. The minimum Gasteiger partial charge on any atom is -0.475 e. The minimum atomic E-state index is -0.204. The molecule has 30 heavy (non-hydrogen) atoms. The van der Waals surface area contributed by atoms with E-state index in [1.165, 1.54) is 0 Å². The van der Waals surface area contributed by atoms with E-state index < -0.39 is 0 Å². The molecular formula is C22H27Cl2N3O3. The van der Waals surface area contributed by atoms with Gasteiger partial charge in [0.15, 0.2) is 0 Å². The molecule has 2 aromatic rings. The highest BCUT2D eigenvalue weighted by Crippen LogP contribution is 2.26. The van der Waals surface area contributed by atoms with Gasteiger partial charge in [-0.1, -0.05) is 43.1 Å². The van der Waals surface area contributed by atoms with Crippen LogP contribution in [0.2, 0.25) is 10.0 Å². The summed E-state index contributed by atoms with van der Waals surface area (Å²) < 4.78 is 11.6. The lowest BCUT2D eigenvalue weighted by Crippen LogP contribution is -2.47. The van der Waals surface area contributed by atoms with E-state index in [1.807, 2.05) is 31.7 Å². The Morgan fingerprint density at radius 1 is 1.30 bits per heavy atom. The third-order valence-electron chi connectivity index (χ3n) is 4.92. The Labute approximate surface area is 187 Å². The van der Waals surface area contributed by atoms with E-state index in [1.54, 1.807) is 18.2 Å². The number of benzene rings is 1. The molecule has 1 aliphatic heterocycles. The van der Waals surface area contributed by atoms with Crippen LogP contribution >= 0.6 is 23.2 Å². The maximum Gasteiger partial charge on any atom is 0.223 e. The number of morpholine rings is 1. The van der Waals surface area contributed by atoms with E-state index in [9.17, 15) is 4.79 Å². The van der Waals surface area contributed by atoms with Crippen LogP contribution in [0.5, 0.6) is 5.88 Å². The zero-order valence-corrected chi connectivity index (χ0v) is 19.0. The molecule has 1 aromatic heterocycles. The summed E-state index contributed by atoms with van der Waals surface area (Å²) in [5, 5.41) is 1.17. The number of carbonyl (C=O) groups excluding carboxylic acids is 1. The van der Waals surface area contributed by atoms with Gasteiger partial charge in [-0.05, 0) is 31.0 Å². The van der Waals surface area contributed by atoms with Crippen molar-refractivity contribution in [2.24, 2.45) is 0 Å². The fourth-order valence-corrected chi connectivity index (χ4v) is 3.87. The number of hydrogen-bond acceptors (Lipinski definition) is 5. The molecule has 1 amide bonds. The Morgan fingerprint density at radius 2 is 2.03 bits per heavy atom. The lowest BCUT2D eigenvalue weighted by atomic mass is 10.1. The van der Waals surface area contributed by atoms with Crippen LogP contribution in [-0.2, 0) is 16.0 Å². The number of carbonyl (C=O) groups is 1. The summed E-state index contributed by atoms with van der Waals surface area (Å²) in [6, 6.07) is 7.18. The second-order valence-corrected chi connectivity index (χ2v) is 8.52. The minimum absolute atomic E-state index is 0.0549. The number of amides is 1. The first-order valence-electron chi connectivity index (χ1n) is 10.1. The van der Waals surface area contributed by atoms with Crippen LogP contribution in [0.4, 0.5) is 0 Å². The van der Waals surface area contributed by atoms with E-state index in [-0.39, 0.29) is 17.9 Å². The van der Waals surface area contributed by atoms with Gasteiger partial charge in [-0.3, -0.25) is 4.79 Å². The van der Waals surface area contributed by atoms with Gasteiger partial charge in [-0.15, -0.1) is 0 Å². The molecule has 2 heterocycles. The SMILES string of the molecule is Cc1cc(OCC2CN(C(=O)CCc3c(Cl)cccc3Cl)CCO2)nc(C(C)C)n1. The highest BCUT2D eigenvalue weighted by Gasteiger charge is 2.25. The molecule has 6 nitrogen and oxygen atoms in total. The molecule has 0 N–H and O–H groups in total. The molecule has 1 fully saturated rings. The van der Waals surface area contributed by atoms with Gasteiger partial charge in [0.1, 0.15) is 18.5 Å². The summed E-state index contributed by atoms with van der Waals surface area (Å²) >= 11 is 12.4. The number of aromatic nitrogens is 2. The van der Waals surface area contributed by atoms with Crippen molar-refractivity contribution in [3.63, 3.8) is 0 Å². The van der Waals surface area contributed by atoms with Crippen molar-refractivity contribution in [3.8, 4) is 5.88 Å². The Hall–Kier alpha value is -1.89. The molecule has 162 valence electrons. The molecule has 0 radical (unpaired) electrons. The zero-order valence-electron chi connectivity index (χ0n) is 17.5. The van der Waals surface area contributed by atoms with Gasteiger partial charge in [0.2, 0.25) is 11.8 Å². The summed E-state index contributed by atoms with van der Waals surface area (Å²) in [7, 11) is 0. The molecule has 1 atom stereocenters. The molecule has 3 rings (SSSR count). The van der Waals surface area contributed by atoms with Gasteiger partial charge in [0.05, 0.1) is 13.2 Å². The van der Waals surface area contributed by atoms with Crippen LogP contribution < -0.4 is 4.74 Å². The Morgan fingerprint density at radius 3 is 2.73 bits per heavy atom. The van der Waals surface area contributed by atoms with Crippen LogP contribution in [0.1, 0.15) is 43.3 Å². The lowest BCUT2D eigenvalue weighted by Gasteiger charge is -2.33. The zero-order chi connectivity index (χ0) is 21.7. The highest BCUT2D eigenvalue weighted by molar-refractivity contribution is 6.36. The van der Waals surface area contributed by atoms with Crippen molar-refractivity contribution in [1.29, 1.82) is 0 Å². The number of rotatable bonds is 7. The van der Waals surface area contributed by atoms with E-state index in [0.29, 0.717) is 55.1 Å². The third-order valence-corrected chi connectivity index (χ3v) is 5.63. The van der Waals surface area contributed by atoms with E-state index >= 15 is 0 Å². The molecule has 1 unspecified atom stereocenters. The van der Waals surface area contributed by atoms with Gasteiger partial charge >= 0.3 is 0 Å². The monoisotopic (exact) mass is 451 g/mol. The molecule has 8 heteroatoms. The molecule has 0 saturated carbocycles. The highest BCUT2D eigenvalue weighted by atomic mass is 35.5. The predicted octanol–water partition coefficient (Wildman–Crippen LogP) is 4.45. The summed E-state index contributed by atoms with van der Waals surface area (Å²) in [6.45, 7) is 7.86. The predicted molar refractivity (Wildman–Crippen MR) is 117 cm³/mol. The molecule has 0 spiro atoms. The van der Waals surface area contributed by atoms with Crippen molar-refractivity contribution in [2.75, 3.05) is 26.3 Å². The van der Waals surface area contributed by atoms with Crippen molar-refractivity contribution in [1.82, 2.24) is 14.9 Å². The normalized spacial score (nSPS) is 16.7. The Balaban J connectivity index is 1.53. The largest absolute Gasteiger partial charge is 0.475 e. The second kappa shape index (κ2) is 10.4. The first-order valence-corrected chi connectivity index (χ1v) is 10.9. The standard InChI is InChI=1S/C22H27Cl2N3O3/c1-14(2)22-25-15(3)11-20(26-22)30-13-16-12-27(9-10-29-16)21(28)8-7-17-18(23)5-4-6-19(17)24/h4-6,11,14,16H,7-10,12-13H2,1-3H3. The molecule has 1 saturated heterocycles. The van der Waals surface area contributed by atoms with Crippen LogP contribution in [0.3, 0.4) is 0 Å². The molecule has 0 bridgehead atoms. The smallest absolute Gasteiger partial charge is 0.223 e. The number of hydrogen-bond donors (Lipinski definition) is 0. The summed E-state index contributed by atoms with van der Waals surface area (Å²) in [4.78, 5) is 23.4. The summed E-state index contributed by atoms with van der Waals surface area (Å²) in [5.41, 5.74) is 1.67. The quantitative estimate of drug-likeness (QED) is 0.621. The van der Waals surface area contributed by atoms with Gasteiger partial charge < -0.3 is 14.4 Å². The number of halogens is 2. The van der Waals surface area contributed by atoms with E-state index in [2.05, 4.69) is 9.97 Å². The van der Waals surface area contributed by atoms with Gasteiger partial charge in [0, 0.05) is 40.7 Å². The third kappa shape index (κ3) is 6.06. The Bertz CT molecular complexity index is 872. The average molecular weight is 452 g/mol. The van der Waals surface area contributed by atoms with E-state index in [0.717, 1.165) is 17.1 Å². The van der Waals surface area contributed by atoms with Crippen molar-refractivity contribution in [3.05, 3.63) is 51.4 Å². The van der Waals surface area contributed by atoms with E-state index in [4.69, 9.17) is 32.7 Å². The lowest BCUT2D eigenvalue weighted by molar-refractivity contribution is -0.139. The summed E-state index contributed by atoms with van der Waals surface area (Å²) in [6.07, 6.45) is 0.651. The first-order chi connectivity index (χ1) is 14.3. The van der Waals surface area contributed by atoms with Crippen molar-refractivity contribution >= 4 is 29.1 Å².